The van der Waals surface area contributed by atoms with Gasteiger partial charge in [-0.3, -0.25) is 4.90 Å². The summed E-state index contributed by atoms with van der Waals surface area (Å²) in [6.45, 7) is 7.07. The monoisotopic (exact) mass is 322 g/mol. The maximum atomic E-state index is 12.9. The molecule has 1 saturated heterocycles. The number of aryl methyl sites for hydroxylation is 1. The third-order valence-electron chi connectivity index (χ3n) is 3.70. The van der Waals surface area contributed by atoms with Crippen LogP contribution in [0.1, 0.15) is 35.3 Å². The van der Waals surface area contributed by atoms with Gasteiger partial charge in [-0.1, -0.05) is 0 Å². The lowest BCUT2D eigenvalue weighted by atomic mass is 9.98. The molecule has 0 aliphatic carbocycles. The Bertz CT molecular complexity index is 454. The zero-order chi connectivity index (χ0) is 15.5. The van der Waals surface area contributed by atoms with Crippen LogP contribution in [0.4, 0.5) is 13.2 Å². The smallest absolute Gasteiger partial charge is 0.381 e. The van der Waals surface area contributed by atoms with Crippen molar-refractivity contribution in [1.82, 2.24) is 9.88 Å². The summed E-state index contributed by atoms with van der Waals surface area (Å²) in [5, 5.41) is 0.476. The molecule has 120 valence electrons. The third kappa shape index (κ3) is 4.66. The highest BCUT2D eigenvalue weighted by molar-refractivity contribution is 7.11. The molecule has 1 fully saturated rings. The van der Waals surface area contributed by atoms with Crippen molar-refractivity contribution in [2.24, 2.45) is 5.92 Å². The highest BCUT2D eigenvalue weighted by atomic mass is 32.1. The van der Waals surface area contributed by atoms with Crippen LogP contribution in [-0.2, 0) is 17.5 Å². The number of piperidine rings is 1. The van der Waals surface area contributed by atoms with Gasteiger partial charge in [0, 0.05) is 19.8 Å². The maximum absolute atomic E-state index is 12.9. The Balaban J connectivity index is 1.92. The van der Waals surface area contributed by atoms with Crippen molar-refractivity contribution >= 4 is 11.3 Å². The van der Waals surface area contributed by atoms with Crippen LogP contribution in [0.25, 0.3) is 0 Å². The number of likely N-dealkylation sites (tertiary alicyclic amines) is 1. The van der Waals surface area contributed by atoms with Crippen LogP contribution in [0.15, 0.2) is 0 Å². The maximum Gasteiger partial charge on any atom is 0.434 e. The summed E-state index contributed by atoms with van der Waals surface area (Å²) in [6, 6.07) is 0. The lowest BCUT2D eigenvalue weighted by Crippen LogP contribution is -2.34. The van der Waals surface area contributed by atoms with Crippen molar-refractivity contribution in [2.45, 2.75) is 39.4 Å². The van der Waals surface area contributed by atoms with E-state index in [9.17, 15) is 13.2 Å². The highest BCUT2D eigenvalue weighted by Crippen LogP contribution is 2.35. The molecule has 0 atom stereocenters. The highest BCUT2D eigenvalue weighted by Gasteiger charge is 2.37. The molecule has 0 unspecified atom stereocenters. The second-order valence-corrected chi connectivity index (χ2v) is 6.67. The minimum atomic E-state index is -4.35. The van der Waals surface area contributed by atoms with Gasteiger partial charge in [0.1, 0.15) is 0 Å². The fourth-order valence-corrected chi connectivity index (χ4v) is 3.60. The molecule has 21 heavy (non-hydrogen) atoms. The Labute approximate surface area is 127 Å². The molecule has 2 rings (SSSR count). The molecule has 0 amide bonds. The molecule has 0 radical (unpaired) electrons. The van der Waals surface area contributed by atoms with Gasteiger partial charge in [-0.15, -0.1) is 11.3 Å². The lowest BCUT2D eigenvalue weighted by Gasteiger charge is -2.31. The van der Waals surface area contributed by atoms with Crippen LogP contribution in [0.5, 0.6) is 0 Å². The van der Waals surface area contributed by atoms with E-state index in [0.29, 0.717) is 22.3 Å². The average molecular weight is 322 g/mol. The van der Waals surface area contributed by atoms with Gasteiger partial charge in [0.25, 0.3) is 0 Å². The van der Waals surface area contributed by atoms with Crippen molar-refractivity contribution in [3.05, 3.63) is 15.6 Å². The number of ether oxygens (including phenoxy) is 1. The number of nitrogens with zero attached hydrogens (tertiary/aromatic N) is 2. The SMILES string of the molecule is CCOCC1CCN(Cc2sc(C)nc2C(F)(F)F)CC1. The zero-order valence-electron chi connectivity index (χ0n) is 12.4. The van der Waals surface area contributed by atoms with Crippen LogP contribution >= 0.6 is 11.3 Å². The molecule has 1 aromatic rings. The second-order valence-electron chi connectivity index (χ2n) is 5.38. The Kier molecular flexibility index (Phi) is 5.62. The van der Waals surface area contributed by atoms with Crippen molar-refractivity contribution < 1.29 is 17.9 Å². The van der Waals surface area contributed by atoms with Gasteiger partial charge < -0.3 is 4.74 Å². The number of rotatable bonds is 5. The summed E-state index contributed by atoms with van der Waals surface area (Å²) in [4.78, 5) is 6.07. The summed E-state index contributed by atoms with van der Waals surface area (Å²) >= 11 is 1.15. The van der Waals surface area contributed by atoms with Crippen molar-refractivity contribution in [2.75, 3.05) is 26.3 Å². The molecule has 0 bridgehead atoms. The number of aromatic nitrogens is 1. The first-order chi connectivity index (χ1) is 9.90. The molecule has 7 heteroatoms. The molecule has 2 heterocycles. The predicted molar refractivity (Wildman–Crippen MR) is 76.3 cm³/mol. The van der Waals surface area contributed by atoms with Crippen LogP contribution in [0.2, 0.25) is 0 Å². The molecule has 0 saturated carbocycles. The van der Waals surface area contributed by atoms with E-state index in [1.54, 1.807) is 6.92 Å². The number of halogens is 3. The molecule has 1 aromatic heterocycles. The fourth-order valence-electron chi connectivity index (χ4n) is 2.60. The molecule has 0 N–H and O–H groups in total. The van der Waals surface area contributed by atoms with E-state index in [4.69, 9.17) is 4.74 Å². The fraction of sp³-hybridized carbons (Fsp3) is 0.786. The van der Waals surface area contributed by atoms with Gasteiger partial charge in [-0.05, 0) is 45.7 Å². The molecule has 1 aliphatic rings. The van der Waals surface area contributed by atoms with E-state index >= 15 is 0 Å². The van der Waals surface area contributed by atoms with E-state index in [1.807, 2.05) is 6.92 Å². The average Bonchev–Trinajstić information content (AvgIpc) is 2.79. The molecule has 0 spiro atoms. The summed E-state index contributed by atoms with van der Waals surface area (Å²) < 4.78 is 44.2. The summed E-state index contributed by atoms with van der Waals surface area (Å²) in [6.07, 6.45) is -2.38. The normalized spacial score (nSPS) is 18.3. The van der Waals surface area contributed by atoms with Crippen LogP contribution < -0.4 is 0 Å². The molecule has 1 aliphatic heterocycles. The van der Waals surface area contributed by atoms with Gasteiger partial charge in [0.2, 0.25) is 0 Å². The third-order valence-corrected chi connectivity index (χ3v) is 4.66. The minimum Gasteiger partial charge on any atom is -0.381 e. The van der Waals surface area contributed by atoms with Gasteiger partial charge >= 0.3 is 6.18 Å². The Morgan fingerprint density at radius 3 is 2.57 bits per heavy atom. The Morgan fingerprint density at radius 1 is 1.33 bits per heavy atom. The van der Waals surface area contributed by atoms with E-state index in [-0.39, 0.29) is 0 Å². The van der Waals surface area contributed by atoms with Crippen LogP contribution in [-0.4, -0.2) is 36.2 Å². The van der Waals surface area contributed by atoms with Crippen LogP contribution in [0, 0.1) is 12.8 Å². The second kappa shape index (κ2) is 7.07. The van der Waals surface area contributed by atoms with Gasteiger partial charge in [0.05, 0.1) is 9.88 Å². The zero-order valence-corrected chi connectivity index (χ0v) is 13.2. The predicted octanol–water partition coefficient (Wildman–Crippen LogP) is 3.72. The molecule has 3 nitrogen and oxygen atoms in total. The van der Waals surface area contributed by atoms with E-state index in [2.05, 4.69) is 9.88 Å². The lowest BCUT2D eigenvalue weighted by molar-refractivity contribution is -0.141. The minimum absolute atomic E-state index is 0.336. The van der Waals surface area contributed by atoms with E-state index in [1.165, 1.54) is 0 Å². The molecule has 0 aromatic carbocycles. The summed E-state index contributed by atoms with van der Waals surface area (Å²) in [5.41, 5.74) is -0.707. The summed E-state index contributed by atoms with van der Waals surface area (Å²) in [5.74, 6) is 0.534. The molecular formula is C14H21F3N2OS. The number of hydrogen-bond donors (Lipinski definition) is 0. The van der Waals surface area contributed by atoms with Gasteiger partial charge in [-0.2, -0.15) is 13.2 Å². The number of hydrogen-bond acceptors (Lipinski definition) is 4. The number of alkyl halides is 3. The van der Waals surface area contributed by atoms with E-state index < -0.39 is 11.9 Å². The first-order valence-corrected chi connectivity index (χ1v) is 8.05. The Morgan fingerprint density at radius 2 is 2.00 bits per heavy atom. The summed E-state index contributed by atoms with van der Waals surface area (Å²) in [7, 11) is 0. The van der Waals surface area contributed by atoms with Gasteiger partial charge in [0.15, 0.2) is 5.69 Å². The van der Waals surface area contributed by atoms with Crippen molar-refractivity contribution in [3.8, 4) is 0 Å². The van der Waals surface area contributed by atoms with Crippen molar-refractivity contribution in [3.63, 3.8) is 0 Å². The first-order valence-electron chi connectivity index (χ1n) is 7.23. The van der Waals surface area contributed by atoms with Crippen LogP contribution in [0.3, 0.4) is 0 Å². The first kappa shape index (κ1) is 16.7. The largest absolute Gasteiger partial charge is 0.434 e. The Hall–Kier alpha value is -0.660. The topological polar surface area (TPSA) is 25.4 Å². The van der Waals surface area contributed by atoms with E-state index in [0.717, 1.165) is 50.5 Å². The quantitative estimate of drug-likeness (QED) is 0.826. The van der Waals surface area contributed by atoms with Gasteiger partial charge in [-0.25, -0.2) is 4.98 Å². The molecular weight excluding hydrogens is 301 g/mol. The number of thiazole rings is 1. The standard InChI is InChI=1S/C14H21F3N2OS/c1-3-20-9-11-4-6-19(7-5-11)8-12-13(14(15,16)17)18-10(2)21-12/h11H,3-9H2,1-2H3. The van der Waals surface area contributed by atoms with Crippen molar-refractivity contribution in [1.29, 1.82) is 0 Å².